The zero-order chi connectivity index (χ0) is 15.9. The third kappa shape index (κ3) is 4.21. The number of nitrogens with zero attached hydrogens (tertiary/aromatic N) is 5. The molecule has 2 aromatic rings. The van der Waals surface area contributed by atoms with E-state index in [2.05, 4.69) is 54.9 Å². The summed E-state index contributed by atoms with van der Waals surface area (Å²) in [7, 11) is 7.69. The first-order valence-corrected chi connectivity index (χ1v) is 7.14. The molecule has 118 valence electrons. The summed E-state index contributed by atoms with van der Waals surface area (Å²) >= 11 is 0. The molecule has 2 N–H and O–H groups in total. The number of aromatic nitrogens is 3. The molecule has 1 aromatic heterocycles. The first-order chi connectivity index (χ1) is 10.6. The maximum Gasteiger partial charge on any atom is 0.191 e. The maximum absolute atomic E-state index is 4.21. The van der Waals surface area contributed by atoms with Gasteiger partial charge in [-0.05, 0) is 17.7 Å². The first-order valence-electron chi connectivity index (χ1n) is 7.14. The summed E-state index contributed by atoms with van der Waals surface area (Å²) in [6.07, 6.45) is 1.54. The number of aliphatic imine (C=N–C) groups is 1. The number of rotatable bonds is 5. The minimum absolute atomic E-state index is 0.579. The Morgan fingerprint density at radius 3 is 2.41 bits per heavy atom. The number of benzene rings is 1. The van der Waals surface area contributed by atoms with Crippen LogP contribution in [0.4, 0.5) is 5.69 Å². The Balaban J connectivity index is 1.84. The van der Waals surface area contributed by atoms with Gasteiger partial charge in [-0.15, -0.1) is 0 Å². The molecule has 2 rings (SSSR count). The van der Waals surface area contributed by atoms with Gasteiger partial charge < -0.3 is 15.5 Å². The summed E-state index contributed by atoms with van der Waals surface area (Å²) < 4.78 is 1.74. The topological polar surface area (TPSA) is 70.4 Å². The van der Waals surface area contributed by atoms with E-state index < -0.39 is 0 Å². The summed E-state index contributed by atoms with van der Waals surface area (Å²) in [5.74, 6) is 1.60. The molecule has 0 atom stereocenters. The minimum atomic E-state index is 0.579. The molecular weight excluding hydrogens is 278 g/mol. The number of aryl methyl sites for hydroxylation is 1. The van der Waals surface area contributed by atoms with Crippen LogP contribution in [0.2, 0.25) is 0 Å². The van der Waals surface area contributed by atoms with Crippen LogP contribution < -0.4 is 15.5 Å². The highest BCUT2D eigenvalue weighted by molar-refractivity contribution is 5.79. The lowest BCUT2D eigenvalue weighted by molar-refractivity contribution is 0.672. The normalized spacial score (nSPS) is 11.4. The molecule has 1 heterocycles. The van der Waals surface area contributed by atoms with Crippen molar-refractivity contribution >= 4 is 11.6 Å². The van der Waals surface area contributed by atoms with Gasteiger partial charge in [-0.25, -0.2) is 4.98 Å². The van der Waals surface area contributed by atoms with Crippen molar-refractivity contribution in [2.75, 3.05) is 26.0 Å². The highest BCUT2D eigenvalue weighted by Crippen LogP contribution is 2.11. The smallest absolute Gasteiger partial charge is 0.191 e. The van der Waals surface area contributed by atoms with Crippen molar-refractivity contribution in [3.05, 3.63) is 42.0 Å². The Bertz CT molecular complexity index is 613. The molecule has 0 fully saturated rings. The van der Waals surface area contributed by atoms with Gasteiger partial charge in [0.25, 0.3) is 0 Å². The van der Waals surface area contributed by atoms with Crippen LogP contribution >= 0.6 is 0 Å². The van der Waals surface area contributed by atoms with Gasteiger partial charge in [0.15, 0.2) is 5.96 Å². The van der Waals surface area contributed by atoms with E-state index in [-0.39, 0.29) is 0 Å². The Kier molecular flexibility index (Phi) is 5.35. The largest absolute Gasteiger partial charge is 0.378 e. The van der Waals surface area contributed by atoms with Crippen LogP contribution in [0.3, 0.4) is 0 Å². The fourth-order valence-corrected chi connectivity index (χ4v) is 1.96. The van der Waals surface area contributed by atoms with Gasteiger partial charge in [0.2, 0.25) is 0 Å². The van der Waals surface area contributed by atoms with Crippen molar-refractivity contribution in [2.24, 2.45) is 12.0 Å². The standard InChI is InChI=1S/C15H23N7/c1-16-15(18-10-14-19-11-20-22(14)4)17-9-12-5-7-13(8-6-12)21(2)3/h5-8,11H,9-10H2,1-4H3,(H2,16,17,18). The Morgan fingerprint density at radius 2 is 1.86 bits per heavy atom. The number of nitrogens with one attached hydrogen (secondary N) is 2. The zero-order valence-electron chi connectivity index (χ0n) is 13.5. The van der Waals surface area contributed by atoms with Gasteiger partial charge in [0, 0.05) is 40.4 Å². The van der Waals surface area contributed by atoms with Crippen molar-refractivity contribution in [1.29, 1.82) is 0 Å². The predicted molar refractivity (Wildman–Crippen MR) is 88.8 cm³/mol. The molecule has 0 saturated carbocycles. The zero-order valence-corrected chi connectivity index (χ0v) is 13.5. The third-order valence-electron chi connectivity index (χ3n) is 3.36. The van der Waals surface area contributed by atoms with Crippen LogP contribution in [0.15, 0.2) is 35.6 Å². The quantitative estimate of drug-likeness (QED) is 0.630. The first kappa shape index (κ1) is 15.8. The van der Waals surface area contributed by atoms with Crippen molar-refractivity contribution in [3.63, 3.8) is 0 Å². The molecule has 0 saturated heterocycles. The molecule has 0 unspecified atom stereocenters. The third-order valence-corrected chi connectivity index (χ3v) is 3.36. The monoisotopic (exact) mass is 301 g/mol. The molecule has 1 aromatic carbocycles. The van der Waals surface area contributed by atoms with E-state index in [1.54, 1.807) is 18.1 Å². The Labute approximate surface area is 131 Å². The summed E-state index contributed by atoms with van der Waals surface area (Å²) in [4.78, 5) is 10.5. The molecule has 0 aliphatic heterocycles. The average molecular weight is 301 g/mol. The summed E-state index contributed by atoms with van der Waals surface area (Å²) in [5, 5.41) is 10.5. The van der Waals surface area contributed by atoms with Crippen molar-refractivity contribution in [2.45, 2.75) is 13.1 Å². The lowest BCUT2D eigenvalue weighted by Crippen LogP contribution is -2.36. The summed E-state index contributed by atoms with van der Waals surface area (Å²) in [6.45, 7) is 1.29. The highest BCUT2D eigenvalue weighted by Gasteiger charge is 2.03. The Hall–Kier alpha value is -2.57. The van der Waals surface area contributed by atoms with Crippen molar-refractivity contribution in [3.8, 4) is 0 Å². The number of guanidine groups is 1. The van der Waals surface area contributed by atoms with Crippen LogP contribution in [0.1, 0.15) is 11.4 Å². The fourth-order valence-electron chi connectivity index (χ4n) is 1.96. The second-order valence-corrected chi connectivity index (χ2v) is 5.14. The van der Waals surface area contributed by atoms with Crippen molar-refractivity contribution in [1.82, 2.24) is 25.4 Å². The van der Waals surface area contributed by atoms with Gasteiger partial charge in [-0.3, -0.25) is 9.67 Å². The van der Waals surface area contributed by atoms with E-state index in [1.807, 2.05) is 21.1 Å². The number of hydrogen-bond acceptors (Lipinski definition) is 4. The molecule has 0 amide bonds. The van der Waals surface area contributed by atoms with E-state index in [9.17, 15) is 0 Å². The lowest BCUT2D eigenvalue weighted by Gasteiger charge is -2.14. The van der Waals surface area contributed by atoms with Crippen LogP contribution in [-0.2, 0) is 20.1 Å². The van der Waals surface area contributed by atoms with Gasteiger partial charge in [0.05, 0.1) is 6.54 Å². The predicted octanol–water partition coefficient (Wildman–Crippen LogP) is 0.746. The SMILES string of the molecule is CN=C(NCc1ccc(N(C)C)cc1)NCc1ncnn1C. The second-order valence-electron chi connectivity index (χ2n) is 5.14. The fraction of sp³-hybridized carbons (Fsp3) is 0.400. The molecule has 0 bridgehead atoms. The van der Waals surface area contributed by atoms with E-state index in [4.69, 9.17) is 0 Å². The second kappa shape index (κ2) is 7.44. The molecule has 7 nitrogen and oxygen atoms in total. The van der Waals surface area contributed by atoms with Gasteiger partial charge in [0.1, 0.15) is 12.2 Å². The summed E-state index contributed by atoms with van der Waals surface area (Å²) in [5.41, 5.74) is 2.39. The maximum atomic E-state index is 4.21. The van der Waals surface area contributed by atoms with E-state index >= 15 is 0 Å². The molecule has 0 spiro atoms. The van der Waals surface area contributed by atoms with E-state index in [0.29, 0.717) is 13.1 Å². The van der Waals surface area contributed by atoms with Crippen LogP contribution in [0.5, 0.6) is 0 Å². The molecule has 22 heavy (non-hydrogen) atoms. The molecular formula is C15H23N7. The molecule has 7 heteroatoms. The van der Waals surface area contributed by atoms with Crippen LogP contribution in [0.25, 0.3) is 0 Å². The Morgan fingerprint density at radius 1 is 1.18 bits per heavy atom. The number of anilines is 1. The van der Waals surface area contributed by atoms with E-state index in [1.165, 1.54) is 11.3 Å². The van der Waals surface area contributed by atoms with Crippen LogP contribution in [-0.4, -0.2) is 41.9 Å². The summed E-state index contributed by atoms with van der Waals surface area (Å²) in [6, 6.07) is 8.43. The van der Waals surface area contributed by atoms with E-state index in [0.717, 1.165) is 11.8 Å². The molecule has 0 radical (unpaired) electrons. The molecule has 0 aliphatic carbocycles. The number of hydrogen-bond donors (Lipinski definition) is 2. The highest BCUT2D eigenvalue weighted by atomic mass is 15.3. The molecule has 0 aliphatic rings. The van der Waals surface area contributed by atoms with Crippen molar-refractivity contribution < 1.29 is 0 Å². The van der Waals surface area contributed by atoms with Gasteiger partial charge in [-0.2, -0.15) is 5.10 Å². The van der Waals surface area contributed by atoms with Gasteiger partial charge >= 0.3 is 0 Å². The average Bonchev–Trinajstić information content (AvgIpc) is 2.93. The van der Waals surface area contributed by atoms with Gasteiger partial charge in [-0.1, -0.05) is 12.1 Å². The minimum Gasteiger partial charge on any atom is -0.378 e. The van der Waals surface area contributed by atoms with Crippen LogP contribution in [0, 0.1) is 0 Å². The lowest BCUT2D eigenvalue weighted by atomic mass is 10.2.